The molecule has 4 aliphatic rings. The highest BCUT2D eigenvalue weighted by Crippen LogP contribution is 2.61. The number of hydrogen-bond acceptors (Lipinski definition) is 4. The quantitative estimate of drug-likeness (QED) is 0.730. The average molecular weight is 407 g/mol. The second kappa shape index (κ2) is 7.47. The van der Waals surface area contributed by atoms with Gasteiger partial charge in [0.05, 0.1) is 19.2 Å². The summed E-state index contributed by atoms with van der Waals surface area (Å²) in [4.78, 5) is 25.0. The minimum atomic E-state index is -0.443. The van der Waals surface area contributed by atoms with Gasteiger partial charge in [-0.25, -0.2) is 0 Å². The largest absolute Gasteiger partial charge is 0.493 e. The fraction of sp³-hybridized carbons (Fsp3) is 0.619. The van der Waals surface area contributed by atoms with E-state index in [9.17, 15) is 9.59 Å². The van der Waals surface area contributed by atoms with Crippen molar-refractivity contribution in [3.8, 4) is 11.5 Å². The van der Waals surface area contributed by atoms with Crippen LogP contribution in [-0.4, -0.2) is 26.0 Å². The van der Waals surface area contributed by atoms with E-state index in [1.807, 2.05) is 0 Å². The normalized spacial score (nSPS) is 30.0. The van der Waals surface area contributed by atoms with Crippen molar-refractivity contribution in [2.75, 3.05) is 14.2 Å². The molecule has 7 heteroatoms. The van der Waals surface area contributed by atoms with Gasteiger partial charge in [0.25, 0.3) is 5.91 Å². The van der Waals surface area contributed by atoms with E-state index in [-0.39, 0.29) is 21.9 Å². The standard InChI is InChI=1S/C21H27ClN2O4/c1-27-17-7-15(6-16(22)19(17)28-2)20(26)24-23-18(25)11-21-8-12-3-13(9-21)5-14(4-12)10-21/h6-7,12-14H,3-5,8-11H2,1-2H3,(H,23,25)(H,24,26). The number of hydrazine groups is 1. The molecule has 1 aromatic carbocycles. The summed E-state index contributed by atoms with van der Waals surface area (Å²) < 4.78 is 10.4. The fourth-order valence-corrected chi connectivity index (χ4v) is 6.43. The number of halogens is 1. The first-order valence-corrected chi connectivity index (χ1v) is 10.3. The van der Waals surface area contributed by atoms with Crippen LogP contribution < -0.4 is 20.3 Å². The first-order valence-electron chi connectivity index (χ1n) is 9.92. The summed E-state index contributed by atoms with van der Waals surface area (Å²) in [5, 5.41) is 0.270. The molecule has 28 heavy (non-hydrogen) atoms. The summed E-state index contributed by atoms with van der Waals surface area (Å²) in [5.41, 5.74) is 5.52. The van der Waals surface area contributed by atoms with Gasteiger partial charge in [-0.3, -0.25) is 20.4 Å². The molecule has 0 radical (unpaired) electrons. The molecule has 0 atom stereocenters. The Morgan fingerprint density at radius 1 is 1.04 bits per heavy atom. The number of benzene rings is 1. The third-order valence-electron chi connectivity index (χ3n) is 6.71. The van der Waals surface area contributed by atoms with E-state index in [0.717, 1.165) is 37.0 Å². The zero-order chi connectivity index (χ0) is 19.9. The maximum atomic E-state index is 12.6. The Balaban J connectivity index is 1.36. The highest BCUT2D eigenvalue weighted by Gasteiger charge is 2.51. The van der Waals surface area contributed by atoms with Crippen molar-refractivity contribution in [2.45, 2.75) is 44.9 Å². The molecule has 0 unspecified atom stereocenters. The predicted molar refractivity (Wildman–Crippen MR) is 105 cm³/mol. The molecule has 0 aliphatic heterocycles. The number of carbonyl (C=O) groups excluding carboxylic acids is 2. The smallest absolute Gasteiger partial charge is 0.269 e. The van der Waals surface area contributed by atoms with Crippen LogP contribution in [0.15, 0.2) is 12.1 Å². The van der Waals surface area contributed by atoms with Gasteiger partial charge < -0.3 is 9.47 Å². The number of nitrogens with one attached hydrogen (secondary N) is 2. The van der Waals surface area contributed by atoms with Crippen molar-refractivity contribution < 1.29 is 19.1 Å². The lowest BCUT2D eigenvalue weighted by molar-refractivity contribution is -0.130. The van der Waals surface area contributed by atoms with Gasteiger partial charge in [0, 0.05) is 12.0 Å². The number of methoxy groups -OCH3 is 2. The number of amides is 2. The molecule has 4 bridgehead atoms. The lowest BCUT2D eigenvalue weighted by Gasteiger charge is -2.56. The van der Waals surface area contributed by atoms with E-state index < -0.39 is 5.91 Å². The molecule has 4 saturated carbocycles. The fourth-order valence-electron chi connectivity index (χ4n) is 6.14. The van der Waals surface area contributed by atoms with E-state index in [1.165, 1.54) is 45.6 Å². The van der Waals surface area contributed by atoms with Crippen LogP contribution in [0.1, 0.15) is 55.3 Å². The van der Waals surface area contributed by atoms with Crippen LogP contribution in [0.4, 0.5) is 0 Å². The molecule has 1 aromatic rings. The first kappa shape index (κ1) is 19.4. The number of carbonyl (C=O) groups is 2. The van der Waals surface area contributed by atoms with E-state index in [2.05, 4.69) is 10.9 Å². The summed E-state index contributed by atoms with van der Waals surface area (Å²) in [5.74, 6) is 2.54. The van der Waals surface area contributed by atoms with E-state index in [0.29, 0.717) is 17.9 Å². The van der Waals surface area contributed by atoms with Crippen molar-refractivity contribution in [2.24, 2.45) is 23.2 Å². The zero-order valence-corrected chi connectivity index (χ0v) is 17.1. The van der Waals surface area contributed by atoms with Crippen LogP contribution >= 0.6 is 11.6 Å². The Labute approximate surface area is 170 Å². The Morgan fingerprint density at radius 3 is 2.18 bits per heavy atom. The van der Waals surface area contributed by atoms with Crippen LogP contribution in [-0.2, 0) is 4.79 Å². The second-order valence-corrected chi connectivity index (χ2v) is 9.20. The summed E-state index contributed by atoms with van der Waals surface area (Å²) in [6.45, 7) is 0. The molecule has 2 N–H and O–H groups in total. The SMILES string of the molecule is COc1cc(C(=O)NNC(=O)CC23CC4CC(CC(C4)C2)C3)cc(Cl)c1OC. The van der Waals surface area contributed by atoms with Crippen molar-refractivity contribution in [1.82, 2.24) is 10.9 Å². The van der Waals surface area contributed by atoms with Crippen molar-refractivity contribution >= 4 is 23.4 Å². The van der Waals surface area contributed by atoms with Gasteiger partial charge in [-0.05, 0) is 73.8 Å². The molecule has 0 aromatic heterocycles. The lowest BCUT2D eigenvalue weighted by atomic mass is 9.49. The van der Waals surface area contributed by atoms with Crippen LogP contribution in [0, 0.1) is 23.2 Å². The van der Waals surface area contributed by atoms with Gasteiger partial charge >= 0.3 is 0 Å². The number of ether oxygens (including phenoxy) is 2. The molecule has 4 fully saturated rings. The van der Waals surface area contributed by atoms with Crippen molar-refractivity contribution in [3.05, 3.63) is 22.7 Å². The van der Waals surface area contributed by atoms with Crippen molar-refractivity contribution in [1.29, 1.82) is 0 Å². The molecular formula is C21H27ClN2O4. The Bertz CT molecular complexity index is 760. The maximum Gasteiger partial charge on any atom is 0.269 e. The third kappa shape index (κ3) is 3.66. The Morgan fingerprint density at radius 2 is 1.64 bits per heavy atom. The van der Waals surface area contributed by atoms with Crippen LogP contribution in [0.25, 0.3) is 0 Å². The van der Waals surface area contributed by atoms with Gasteiger partial charge in [0.2, 0.25) is 5.91 Å². The van der Waals surface area contributed by atoms with Gasteiger partial charge in [0.1, 0.15) is 0 Å². The molecule has 4 aliphatic carbocycles. The third-order valence-corrected chi connectivity index (χ3v) is 6.99. The molecule has 6 nitrogen and oxygen atoms in total. The topological polar surface area (TPSA) is 76.7 Å². The van der Waals surface area contributed by atoms with Crippen LogP contribution in [0.3, 0.4) is 0 Å². The minimum absolute atomic E-state index is 0.123. The van der Waals surface area contributed by atoms with Gasteiger partial charge in [-0.15, -0.1) is 0 Å². The van der Waals surface area contributed by atoms with Gasteiger partial charge in [0.15, 0.2) is 11.5 Å². The monoisotopic (exact) mass is 406 g/mol. The molecule has 0 heterocycles. The molecule has 0 spiro atoms. The minimum Gasteiger partial charge on any atom is -0.493 e. The van der Waals surface area contributed by atoms with E-state index >= 15 is 0 Å². The number of hydrogen-bond donors (Lipinski definition) is 2. The predicted octanol–water partition coefficient (Wildman–Crippen LogP) is 3.72. The van der Waals surface area contributed by atoms with Gasteiger partial charge in [-0.1, -0.05) is 11.6 Å². The summed E-state index contributed by atoms with van der Waals surface area (Å²) in [6, 6.07) is 3.02. The van der Waals surface area contributed by atoms with Gasteiger partial charge in [-0.2, -0.15) is 0 Å². The summed E-state index contributed by atoms with van der Waals surface area (Å²) in [6.07, 6.45) is 8.00. The summed E-state index contributed by atoms with van der Waals surface area (Å²) in [7, 11) is 2.96. The average Bonchev–Trinajstić information content (AvgIpc) is 2.63. The molecular weight excluding hydrogens is 380 g/mol. The van der Waals surface area contributed by atoms with E-state index in [1.54, 1.807) is 0 Å². The Hall–Kier alpha value is -1.95. The maximum absolute atomic E-state index is 12.6. The Kier molecular flexibility index (Phi) is 5.17. The van der Waals surface area contributed by atoms with E-state index in [4.69, 9.17) is 21.1 Å². The zero-order valence-electron chi connectivity index (χ0n) is 16.3. The second-order valence-electron chi connectivity index (χ2n) is 8.79. The molecule has 152 valence electrons. The lowest BCUT2D eigenvalue weighted by Crippen LogP contribution is -2.50. The first-order chi connectivity index (χ1) is 13.4. The van der Waals surface area contributed by atoms with Crippen LogP contribution in [0.2, 0.25) is 5.02 Å². The highest BCUT2D eigenvalue weighted by atomic mass is 35.5. The van der Waals surface area contributed by atoms with Crippen LogP contribution in [0.5, 0.6) is 11.5 Å². The molecule has 2 amide bonds. The van der Waals surface area contributed by atoms with Crippen molar-refractivity contribution in [3.63, 3.8) is 0 Å². The number of rotatable bonds is 5. The molecule has 5 rings (SSSR count). The highest BCUT2D eigenvalue weighted by molar-refractivity contribution is 6.32. The molecule has 0 saturated heterocycles. The summed E-state index contributed by atoms with van der Waals surface area (Å²) >= 11 is 6.15.